The molecule has 0 amide bonds. The Hall–Kier alpha value is -2.66. The quantitative estimate of drug-likeness (QED) is 0.620. The number of nitrogens with zero attached hydrogens (tertiary/aromatic N) is 4. The van der Waals surface area contributed by atoms with E-state index in [4.69, 9.17) is 11.6 Å². The molecule has 27 heavy (non-hydrogen) atoms. The highest BCUT2D eigenvalue weighted by Gasteiger charge is 2.26. The lowest BCUT2D eigenvalue weighted by molar-refractivity contribution is -0.105. The van der Waals surface area contributed by atoms with Gasteiger partial charge in [0.1, 0.15) is 6.29 Å². The maximum atomic E-state index is 11.3. The van der Waals surface area contributed by atoms with Gasteiger partial charge in [-0.3, -0.25) is 14.2 Å². The number of aryl methyl sites for hydroxylation is 2. The summed E-state index contributed by atoms with van der Waals surface area (Å²) in [6, 6.07) is 8.63. The van der Waals surface area contributed by atoms with Crippen LogP contribution in [0.1, 0.15) is 37.6 Å². The second-order valence-corrected chi connectivity index (χ2v) is 7.51. The number of aldehydes is 1. The minimum atomic E-state index is 0.333. The highest BCUT2D eigenvalue weighted by atomic mass is 35.5. The molecule has 2 aromatic heterocycles. The maximum absolute atomic E-state index is 11.3. The molecule has 0 radical (unpaired) electrons. The second kappa shape index (κ2) is 6.82. The van der Waals surface area contributed by atoms with Crippen molar-refractivity contribution >= 4 is 22.9 Å². The third-order valence-corrected chi connectivity index (χ3v) is 5.45. The van der Waals surface area contributed by atoms with Crippen LogP contribution in [-0.4, -0.2) is 25.8 Å². The van der Waals surface area contributed by atoms with Gasteiger partial charge in [-0.15, -0.1) is 0 Å². The minimum absolute atomic E-state index is 0.333. The maximum Gasteiger partial charge on any atom is 0.147 e. The molecule has 4 rings (SSSR count). The Morgan fingerprint density at radius 3 is 2.44 bits per heavy atom. The number of halogens is 1. The van der Waals surface area contributed by atoms with E-state index in [1.54, 1.807) is 0 Å². The lowest BCUT2D eigenvalue weighted by atomic mass is 9.94. The first kappa shape index (κ1) is 17.7. The Balaban J connectivity index is 1.75. The lowest BCUT2D eigenvalue weighted by Crippen LogP contribution is -2.02. The van der Waals surface area contributed by atoms with E-state index in [1.165, 1.54) is 0 Å². The number of hydrogen-bond acceptors (Lipinski definition) is 3. The second-order valence-electron chi connectivity index (χ2n) is 7.13. The molecule has 0 bridgehead atoms. The molecular weight excluding hydrogens is 360 g/mol. The first-order valence-electron chi connectivity index (χ1n) is 9.04. The van der Waals surface area contributed by atoms with Crippen LogP contribution in [0.4, 0.5) is 0 Å². The molecule has 0 saturated carbocycles. The molecule has 0 aliphatic heterocycles. The summed E-state index contributed by atoms with van der Waals surface area (Å²) in [7, 11) is 1.92. The molecule has 138 valence electrons. The number of hydrogen-bond donors (Lipinski definition) is 0. The highest BCUT2D eigenvalue weighted by Crippen LogP contribution is 2.39. The SMILES string of the molecule is CC(C)n1cc(-c2ccc(-c3c4c(nn3C)CCC(C=O)=C4Cl)cc2)cn1. The number of aromatic nitrogens is 4. The molecule has 0 unspecified atom stereocenters. The standard InChI is InChI=1S/C21H21ClN4O/c1-13(2)26-11-17(10-23-26)14-4-6-15(7-5-14)21-19-18(24-25(21)3)9-8-16(12-27)20(19)22/h4-7,10-13H,8-9H2,1-3H3. The van der Waals surface area contributed by atoms with Gasteiger partial charge in [-0.25, -0.2) is 0 Å². The van der Waals surface area contributed by atoms with Gasteiger partial charge in [-0.05, 0) is 32.3 Å². The van der Waals surface area contributed by atoms with Gasteiger partial charge < -0.3 is 0 Å². The Bertz CT molecular complexity index is 1040. The number of rotatable bonds is 4. The van der Waals surface area contributed by atoms with Crippen LogP contribution < -0.4 is 0 Å². The van der Waals surface area contributed by atoms with E-state index in [-0.39, 0.29) is 0 Å². The van der Waals surface area contributed by atoms with Gasteiger partial charge in [-0.2, -0.15) is 10.2 Å². The summed E-state index contributed by atoms with van der Waals surface area (Å²) in [5.41, 5.74) is 6.64. The molecule has 5 nitrogen and oxygen atoms in total. The van der Waals surface area contributed by atoms with E-state index in [9.17, 15) is 4.79 Å². The molecule has 6 heteroatoms. The van der Waals surface area contributed by atoms with E-state index < -0.39 is 0 Å². The number of fused-ring (bicyclic) bond motifs is 1. The summed E-state index contributed by atoms with van der Waals surface area (Å²) in [6.07, 6.45) is 6.18. The Morgan fingerprint density at radius 1 is 1.11 bits per heavy atom. The molecule has 1 aliphatic rings. The first-order valence-corrected chi connectivity index (χ1v) is 9.42. The van der Waals surface area contributed by atoms with Gasteiger partial charge in [0.25, 0.3) is 0 Å². The van der Waals surface area contributed by atoms with Crippen LogP contribution in [0.2, 0.25) is 0 Å². The van der Waals surface area contributed by atoms with Crippen LogP contribution in [0, 0.1) is 0 Å². The average molecular weight is 381 g/mol. The Kier molecular flexibility index (Phi) is 4.48. The van der Waals surface area contributed by atoms with Crippen LogP contribution >= 0.6 is 11.6 Å². The summed E-state index contributed by atoms with van der Waals surface area (Å²) in [5, 5.41) is 9.55. The monoisotopic (exact) mass is 380 g/mol. The number of carbonyl (C=O) groups excluding carboxylic acids is 1. The zero-order chi connectivity index (χ0) is 19.1. The zero-order valence-corrected chi connectivity index (χ0v) is 16.4. The van der Waals surface area contributed by atoms with Crippen molar-refractivity contribution in [3.05, 3.63) is 53.5 Å². The van der Waals surface area contributed by atoms with Gasteiger partial charge in [0, 0.05) is 41.5 Å². The summed E-state index contributed by atoms with van der Waals surface area (Å²) < 4.78 is 3.80. The van der Waals surface area contributed by atoms with Crippen molar-refractivity contribution in [2.45, 2.75) is 32.7 Å². The molecular formula is C21H21ClN4O. The molecule has 0 N–H and O–H groups in total. The van der Waals surface area contributed by atoms with Crippen molar-refractivity contribution in [1.82, 2.24) is 19.6 Å². The largest absolute Gasteiger partial charge is 0.298 e. The Morgan fingerprint density at radius 2 is 1.81 bits per heavy atom. The third-order valence-electron chi connectivity index (χ3n) is 5.02. The topological polar surface area (TPSA) is 52.7 Å². The van der Waals surface area contributed by atoms with Crippen LogP contribution in [0.5, 0.6) is 0 Å². The summed E-state index contributed by atoms with van der Waals surface area (Å²) >= 11 is 6.53. The highest BCUT2D eigenvalue weighted by molar-refractivity contribution is 6.51. The summed E-state index contributed by atoms with van der Waals surface area (Å²) in [4.78, 5) is 11.3. The number of carbonyl (C=O) groups is 1. The van der Waals surface area contributed by atoms with Crippen LogP contribution in [-0.2, 0) is 18.3 Å². The van der Waals surface area contributed by atoms with Crippen molar-refractivity contribution in [2.24, 2.45) is 7.05 Å². The molecule has 0 spiro atoms. The van der Waals surface area contributed by atoms with Crippen molar-refractivity contribution < 1.29 is 4.79 Å². The van der Waals surface area contributed by atoms with Gasteiger partial charge in [0.05, 0.1) is 22.6 Å². The van der Waals surface area contributed by atoms with Crippen LogP contribution in [0.3, 0.4) is 0 Å². The Labute approximate surface area is 163 Å². The molecule has 0 atom stereocenters. The van der Waals surface area contributed by atoms with E-state index in [0.29, 0.717) is 23.1 Å². The lowest BCUT2D eigenvalue weighted by Gasteiger charge is -2.13. The van der Waals surface area contributed by atoms with E-state index >= 15 is 0 Å². The van der Waals surface area contributed by atoms with Crippen molar-refractivity contribution in [3.8, 4) is 22.4 Å². The summed E-state index contributed by atoms with van der Waals surface area (Å²) in [5.74, 6) is 0. The van der Waals surface area contributed by atoms with E-state index in [2.05, 4.69) is 54.5 Å². The minimum Gasteiger partial charge on any atom is -0.298 e. The van der Waals surface area contributed by atoms with E-state index in [0.717, 1.165) is 46.3 Å². The molecule has 0 saturated heterocycles. The molecule has 0 fully saturated rings. The normalized spacial score (nSPS) is 14.0. The van der Waals surface area contributed by atoms with Gasteiger partial charge >= 0.3 is 0 Å². The number of benzene rings is 1. The predicted molar refractivity (Wildman–Crippen MR) is 107 cm³/mol. The van der Waals surface area contributed by atoms with Gasteiger partial charge in [0.2, 0.25) is 0 Å². The average Bonchev–Trinajstić information content (AvgIpc) is 3.27. The zero-order valence-electron chi connectivity index (χ0n) is 15.6. The third kappa shape index (κ3) is 3.02. The molecule has 1 aliphatic carbocycles. The van der Waals surface area contributed by atoms with Crippen molar-refractivity contribution in [3.63, 3.8) is 0 Å². The molecule has 3 aromatic rings. The van der Waals surface area contributed by atoms with E-state index in [1.807, 2.05) is 22.6 Å². The van der Waals surface area contributed by atoms with Gasteiger partial charge in [-0.1, -0.05) is 35.9 Å². The predicted octanol–water partition coefficient (Wildman–Crippen LogP) is 4.63. The summed E-state index contributed by atoms with van der Waals surface area (Å²) in [6.45, 7) is 4.21. The molecule has 1 aromatic carbocycles. The molecule has 2 heterocycles. The smallest absolute Gasteiger partial charge is 0.147 e. The van der Waals surface area contributed by atoms with Crippen LogP contribution in [0.15, 0.2) is 42.2 Å². The van der Waals surface area contributed by atoms with Crippen LogP contribution in [0.25, 0.3) is 27.4 Å². The van der Waals surface area contributed by atoms with Crippen molar-refractivity contribution in [2.75, 3.05) is 0 Å². The first-order chi connectivity index (χ1) is 13.0. The fourth-order valence-electron chi connectivity index (χ4n) is 3.54. The van der Waals surface area contributed by atoms with Crippen molar-refractivity contribution in [1.29, 1.82) is 0 Å². The fraction of sp³-hybridized carbons (Fsp3) is 0.286. The fourth-order valence-corrected chi connectivity index (χ4v) is 3.88. The van der Waals surface area contributed by atoms with Gasteiger partial charge in [0.15, 0.2) is 0 Å². The number of allylic oxidation sites excluding steroid dienone is 1.